The Balaban J connectivity index is 0.790. The Morgan fingerprint density at radius 2 is 1.59 bits per heavy atom. The molecule has 54 heavy (non-hydrogen) atoms. The number of aliphatic hydroxyl groups excluding tert-OH is 1. The number of phenolic OH excluding ortho intramolecular Hbond substituents is 1. The minimum atomic E-state index is -0.611. The van der Waals surface area contributed by atoms with Gasteiger partial charge in [-0.15, -0.1) is 0 Å². The van der Waals surface area contributed by atoms with Crippen LogP contribution < -0.4 is 15.0 Å². The van der Waals surface area contributed by atoms with Gasteiger partial charge in [-0.2, -0.15) is 0 Å². The van der Waals surface area contributed by atoms with Crippen molar-refractivity contribution in [3.63, 3.8) is 0 Å². The number of nitrogens with one attached hydrogen (secondary N) is 1. The van der Waals surface area contributed by atoms with Gasteiger partial charge >= 0.3 is 0 Å². The van der Waals surface area contributed by atoms with Gasteiger partial charge in [0.15, 0.2) is 0 Å². The fourth-order valence-corrected chi connectivity index (χ4v) is 8.83. The molecule has 0 saturated carbocycles. The van der Waals surface area contributed by atoms with Crippen molar-refractivity contribution < 1.29 is 29.3 Å². The second-order valence-electron chi connectivity index (χ2n) is 15.1. The molecule has 10 heteroatoms. The van der Waals surface area contributed by atoms with E-state index in [1.54, 1.807) is 11.0 Å². The Kier molecular flexibility index (Phi) is 10.4. The smallest absolute Gasteiger partial charge is 0.255 e. The number of benzene rings is 4. The van der Waals surface area contributed by atoms with Crippen molar-refractivity contribution in [3.05, 3.63) is 124 Å². The molecule has 2 saturated heterocycles. The number of carbonyl (C=O) groups is 3. The number of phenols is 1. The van der Waals surface area contributed by atoms with E-state index in [1.165, 1.54) is 22.3 Å². The van der Waals surface area contributed by atoms with E-state index >= 15 is 0 Å². The lowest BCUT2D eigenvalue weighted by Gasteiger charge is -2.36. The predicted molar refractivity (Wildman–Crippen MR) is 206 cm³/mol. The third-order valence-corrected chi connectivity index (χ3v) is 11.8. The van der Waals surface area contributed by atoms with Crippen molar-refractivity contribution in [2.45, 2.75) is 69.1 Å². The maximum Gasteiger partial charge on any atom is 0.255 e. The molecule has 0 spiro atoms. The lowest BCUT2D eigenvalue weighted by molar-refractivity contribution is -0.136. The first-order valence-electron chi connectivity index (χ1n) is 19.3. The van der Waals surface area contributed by atoms with Crippen molar-refractivity contribution in [1.82, 2.24) is 15.1 Å². The van der Waals surface area contributed by atoms with Crippen molar-refractivity contribution in [1.29, 1.82) is 0 Å². The SMILES string of the molecule is O=C1CCC(N2Cc3cc(N4CCN(CCC(O)CCOc5ccc(C6c7ccc(O)cc7CCC6c6ccccc6)cc5)CC4)ccc3C2=O)C(=O)N1. The minimum absolute atomic E-state index is 0.153. The summed E-state index contributed by atoms with van der Waals surface area (Å²) in [5.74, 6) is 0.805. The summed E-state index contributed by atoms with van der Waals surface area (Å²) >= 11 is 0. The molecule has 1 aliphatic carbocycles. The number of piperazine rings is 1. The van der Waals surface area contributed by atoms with E-state index in [0.717, 1.165) is 62.6 Å². The predicted octanol–water partition coefficient (Wildman–Crippen LogP) is 5.36. The van der Waals surface area contributed by atoms with Crippen LogP contribution in [-0.4, -0.2) is 89.2 Å². The van der Waals surface area contributed by atoms with Crippen LogP contribution in [0, 0.1) is 0 Å². The number of amides is 3. The lowest BCUT2D eigenvalue weighted by Crippen LogP contribution is -2.52. The molecule has 280 valence electrons. The van der Waals surface area contributed by atoms with E-state index < -0.39 is 18.1 Å². The zero-order chi connectivity index (χ0) is 37.2. The van der Waals surface area contributed by atoms with Gasteiger partial charge in [-0.25, -0.2) is 0 Å². The fourth-order valence-electron chi connectivity index (χ4n) is 8.83. The van der Waals surface area contributed by atoms with E-state index in [0.29, 0.717) is 49.6 Å². The van der Waals surface area contributed by atoms with Gasteiger partial charge in [-0.1, -0.05) is 48.5 Å². The van der Waals surface area contributed by atoms with Gasteiger partial charge in [0, 0.05) is 69.3 Å². The van der Waals surface area contributed by atoms with Crippen molar-refractivity contribution in [3.8, 4) is 11.5 Å². The van der Waals surface area contributed by atoms with Gasteiger partial charge in [-0.3, -0.25) is 24.6 Å². The molecule has 8 rings (SSSR count). The van der Waals surface area contributed by atoms with Crippen LogP contribution in [0.3, 0.4) is 0 Å². The molecule has 0 aromatic heterocycles. The summed E-state index contributed by atoms with van der Waals surface area (Å²) in [7, 11) is 0. The number of carbonyl (C=O) groups excluding carboxylic acids is 3. The van der Waals surface area contributed by atoms with Gasteiger partial charge in [0.25, 0.3) is 5.91 Å². The number of rotatable bonds is 11. The van der Waals surface area contributed by atoms with Crippen molar-refractivity contribution in [2.75, 3.05) is 44.2 Å². The molecule has 3 N–H and O–H groups in total. The lowest BCUT2D eigenvalue weighted by atomic mass is 9.69. The monoisotopic (exact) mass is 728 g/mol. The van der Waals surface area contributed by atoms with Crippen LogP contribution in [0.15, 0.2) is 91.0 Å². The molecule has 4 unspecified atom stereocenters. The number of imide groups is 1. The number of nitrogens with zero attached hydrogens (tertiary/aromatic N) is 3. The average Bonchev–Trinajstić information content (AvgIpc) is 3.52. The molecule has 3 amide bonds. The van der Waals surface area contributed by atoms with Crippen molar-refractivity contribution >= 4 is 23.4 Å². The molecule has 4 aliphatic rings. The first kappa shape index (κ1) is 35.8. The molecule has 4 atom stereocenters. The zero-order valence-electron chi connectivity index (χ0n) is 30.5. The van der Waals surface area contributed by atoms with E-state index in [2.05, 4.69) is 69.7 Å². The first-order chi connectivity index (χ1) is 26.3. The van der Waals surface area contributed by atoms with Gasteiger partial charge in [0.05, 0.1) is 12.7 Å². The summed E-state index contributed by atoms with van der Waals surface area (Å²) in [6.07, 6.45) is 3.34. The van der Waals surface area contributed by atoms with E-state index in [-0.39, 0.29) is 24.2 Å². The standard InChI is InChI=1S/C44H48N4O6/c49-34(18-20-46-21-23-47(24-22-46)33-9-14-39-32(26-33)28-48(44(39)53)40-16-17-41(51)45-43(40)52)19-25-54-36-11-6-30(7-12-36)42-37(29-4-2-1-3-5-29)13-8-31-27-35(50)10-15-38(31)42/h1-7,9-12,14-15,26-27,34,37,40,42,49-50H,8,13,16-25,28H2,(H,45,51,52). The number of anilines is 1. The molecule has 10 nitrogen and oxygen atoms in total. The highest BCUT2D eigenvalue weighted by atomic mass is 16.5. The van der Waals surface area contributed by atoms with E-state index in [4.69, 9.17) is 4.74 Å². The highest BCUT2D eigenvalue weighted by Crippen LogP contribution is 2.47. The molecule has 2 fully saturated rings. The average molecular weight is 729 g/mol. The minimum Gasteiger partial charge on any atom is -0.508 e. The van der Waals surface area contributed by atoms with Crippen LogP contribution in [0.25, 0.3) is 0 Å². The van der Waals surface area contributed by atoms with Crippen molar-refractivity contribution in [2.24, 2.45) is 0 Å². The maximum absolute atomic E-state index is 13.1. The number of piperidine rings is 1. The number of hydrogen-bond acceptors (Lipinski definition) is 8. The van der Waals surface area contributed by atoms with Crippen LogP contribution in [0.5, 0.6) is 11.5 Å². The van der Waals surface area contributed by atoms with Gasteiger partial charge in [-0.05, 0) is 102 Å². The normalized spacial score (nSPS) is 22.1. The zero-order valence-corrected chi connectivity index (χ0v) is 30.5. The summed E-state index contributed by atoms with van der Waals surface area (Å²) in [5.41, 5.74) is 7.65. The highest BCUT2D eigenvalue weighted by molar-refractivity contribution is 6.05. The summed E-state index contributed by atoms with van der Waals surface area (Å²) in [4.78, 5) is 43.4. The van der Waals surface area contributed by atoms with Crippen LogP contribution in [-0.2, 0) is 22.6 Å². The summed E-state index contributed by atoms with van der Waals surface area (Å²) in [6, 6.07) is 30.2. The summed E-state index contributed by atoms with van der Waals surface area (Å²) < 4.78 is 6.09. The topological polar surface area (TPSA) is 123 Å². The molecule has 4 aromatic carbocycles. The second kappa shape index (κ2) is 15.7. The van der Waals surface area contributed by atoms with E-state index in [9.17, 15) is 24.6 Å². The van der Waals surface area contributed by atoms with Crippen LogP contribution in [0.4, 0.5) is 5.69 Å². The molecule has 4 aromatic rings. The third kappa shape index (κ3) is 7.58. The Hall–Kier alpha value is -5.19. The molecule has 3 aliphatic heterocycles. The van der Waals surface area contributed by atoms with Gasteiger partial charge < -0.3 is 24.7 Å². The largest absolute Gasteiger partial charge is 0.508 e. The Morgan fingerprint density at radius 3 is 2.37 bits per heavy atom. The fraction of sp³-hybridized carbons (Fsp3) is 0.386. The van der Waals surface area contributed by atoms with E-state index in [1.807, 2.05) is 30.3 Å². The number of ether oxygens (including phenoxy) is 1. The number of aromatic hydroxyl groups is 1. The number of aliphatic hydroxyl groups is 1. The number of hydrogen-bond donors (Lipinski definition) is 3. The van der Waals surface area contributed by atoms with Gasteiger partial charge in [0.1, 0.15) is 17.5 Å². The highest BCUT2D eigenvalue weighted by Gasteiger charge is 2.39. The first-order valence-corrected chi connectivity index (χ1v) is 19.3. The third-order valence-electron chi connectivity index (χ3n) is 11.8. The second-order valence-corrected chi connectivity index (χ2v) is 15.1. The molecular formula is C44H48N4O6. The maximum atomic E-state index is 13.1. The molecular weight excluding hydrogens is 681 g/mol. The quantitative estimate of drug-likeness (QED) is 0.177. The van der Waals surface area contributed by atoms with Crippen LogP contribution >= 0.6 is 0 Å². The molecule has 0 bridgehead atoms. The number of fused-ring (bicyclic) bond motifs is 2. The Bertz CT molecular complexity index is 1990. The van der Waals surface area contributed by atoms with Crippen LogP contribution in [0.2, 0.25) is 0 Å². The molecule has 0 radical (unpaired) electrons. The Labute approximate surface area is 316 Å². The summed E-state index contributed by atoms with van der Waals surface area (Å²) in [5, 5.41) is 23.3. The van der Waals surface area contributed by atoms with Crippen LogP contribution in [0.1, 0.15) is 82.1 Å². The summed E-state index contributed by atoms with van der Waals surface area (Å²) in [6.45, 7) is 5.08. The Morgan fingerprint density at radius 1 is 0.796 bits per heavy atom. The molecule has 3 heterocycles. The number of aryl methyl sites for hydroxylation is 1. The van der Waals surface area contributed by atoms with Gasteiger partial charge in [0.2, 0.25) is 11.8 Å².